The van der Waals surface area contributed by atoms with Gasteiger partial charge in [-0.1, -0.05) is 116 Å². The standard InChI is InChI=1S/C31H63NO2/c1-5-7-9-11-13-14-15-16-17-18-19-20-21-22-24-26-28-34-30-31(32(3)4)29-33-27-25-23-12-10-8-6-2/h16-17,31H,5-15,18-30H2,1-4H3. The predicted molar refractivity (Wildman–Crippen MR) is 152 cm³/mol. The lowest BCUT2D eigenvalue weighted by molar-refractivity contribution is 0.0197. The average molecular weight is 482 g/mol. The minimum Gasteiger partial charge on any atom is -0.380 e. The first kappa shape index (κ1) is 33.6. The van der Waals surface area contributed by atoms with Crippen LogP contribution in [0.5, 0.6) is 0 Å². The van der Waals surface area contributed by atoms with Gasteiger partial charge in [-0.15, -0.1) is 0 Å². The Hall–Kier alpha value is -0.380. The molecule has 0 heterocycles. The molecule has 0 fully saturated rings. The van der Waals surface area contributed by atoms with E-state index in [1.807, 2.05) is 0 Å². The number of allylic oxidation sites excluding steroid dienone is 2. The number of unbranched alkanes of at least 4 members (excludes halogenated alkanes) is 17. The third-order valence-electron chi connectivity index (χ3n) is 6.79. The van der Waals surface area contributed by atoms with Crippen LogP contribution < -0.4 is 0 Å². The molecule has 0 saturated carbocycles. The Morgan fingerprint density at radius 1 is 0.500 bits per heavy atom. The number of ether oxygens (including phenoxy) is 2. The van der Waals surface area contributed by atoms with E-state index in [0.29, 0.717) is 6.04 Å². The van der Waals surface area contributed by atoms with E-state index in [2.05, 4.69) is 45.0 Å². The predicted octanol–water partition coefficient (Wildman–Crippen LogP) is 9.35. The molecule has 0 bridgehead atoms. The summed E-state index contributed by atoms with van der Waals surface area (Å²) in [5.41, 5.74) is 0. The first-order valence-electron chi connectivity index (χ1n) is 15.2. The van der Waals surface area contributed by atoms with Crippen LogP contribution in [0.3, 0.4) is 0 Å². The van der Waals surface area contributed by atoms with Gasteiger partial charge in [0.2, 0.25) is 0 Å². The van der Waals surface area contributed by atoms with Crippen molar-refractivity contribution in [2.45, 2.75) is 148 Å². The van der Waals surface area contributed by atoms with Gasteiger partial charge in [0.15, 0.2) is 0 Å². The summed E-state index contributed by atoms with van der Waals surface area (Å²) in [4.78, 5) is 2.24. The van der Waals surface area contributed by atoms with Crippen LogP contribution in [0, 0.1) is 0 Å². The fourth-order valence-corrected chi connectivity index (χ4v) is 4.22. The molecular weight excluding hydrogens is 418 g/mol. The number of rotatable bonds is 28. The molecule has 0 amide bonds. The number of nitrogens with zero attached hydrogens (tertiary/aromatic N) is 1. The molecule has 204 valence electrons. The number of hydrogen-bond acceptors (Lipinski definition) is 3. The minimum atomic E-state index is 0.370. The molecule has 34 heavy (non-hydrogen) atoms. The summed E-state index contributed by atoms with van der Waals surface area (Å²) in [6.07, 6.45) is 31.7. The highest BCUT2D eigenvalue weighted by Crippen LogP contribution is 2.10. The SMILES string of the molecule is CCCCCCCCC=CCCCCCCCCOCC(COCCCCCCCC)N(C)C. The van der Waals surface area contributed by atoms with Crippen molar-refractivity contribution in [1.82, 2.24) is 4.90 Å². The topological polar surface area (TPSA) is 21.7 Å². The molecular formula is C31H63NO2. The minimum absolute atomic E-state index is 0.370. The lowest BCUT2D eigenvalue weighted by Crippen LogP contribution is -2.37. The van der Waals surface area contributed by atoms with Gasteiger partial charge in [-0.05, 0) is 52.6 Å². The molecule has 0 N–H and O–H groups in total. The molecule has 0 spiro atoms. The quantitative estimate of drug-likeness (QED) is 0.0820. The van der Waals surface area contributed by atoms with Crippen molar-refractivity contribution >= 4 is 0 Å². The lowest BCUT2D eigenvalue weighted by Gasteiger charge is -2.24. The number of likely N-dealkylation sites (N-methyl/N-ethyl adjacent to an activating group) is 1. The summed E-state index contributed by atoms with van der Waals surface area (Å²) in [5.74, 6) is 0. The van der Waals surface area contributed by atoms with Crippen molar-refractivity contribution in [2.24, 2.45) is 0 Å². The van der Waals surface area contributed by atoms with Gasteiger partial charge in [0, 0.05) is 13.2 Å². The van der Waals surface area contributed by atoms with Crippen LogP contribution in [0.15, 0.2) is 12.2 Å². The van der Waals surface area contributed by atoms with Crippen molar-refractivity contribution in [2.75, 3.05) is 40.5 Å². The maximum absolute atomic E-state index is 5.97. The Morgan fingerprint density at radius 2 is 0.853 bits per heavy atom. The van der Waals surface area contributed by atoms with Crippen LogP contribution in [0.25, 0.3) is 0 Å². The molecule has 1 atom stereocenters. The van der Waals surface area contributed by atoms with Crippen LogP contribution in [-0.4, -0.2) is 51.5 Å². The Bertz CT molecular complexity index is 397. The van der Waals surface area contributed by atoms with Crippen molar-refractivity contribution in [3.05, 3.63) is 12.2 Å². The van der Waals surface area contributed by atoms with Crippen LogP contribution in [-0.2, 0) is 9.47 Å². The van der Waals surface area contributed by atoms with Gasteiger partial charge >= 0.3 is 0 Å². The van der Waals surface area contributed by atoms with Gasteiger partial charge in [-0.3, -0.25) is 0 Å². The molecule has 0 rings (SSSR count). The van der Waals surface area contributed by atoms with E-state index in [1.165, 1.54) is 128 Å². The van der Waals surface area contributed by atoms with Crippen LogP contribution in [0.1, 0.15) is 142 Å². The van der Waals surface area contributed by atoms with Gasteiger partial charge < -0.3 is 14.4 Å². The Kier molecular flexibility index (Phi) is 28.5. The van der Waals surface area contributed by atoms with Gasteiger partial charge in [0.05, 0.1) is 19.3 Å². The van der Waals surface area contributed by atoms with Crippen molar-refractivity contribution in [1.29, 1.82) is 0 Å². The summed E-state index contributed by atoms with van der Waals surface area (Å²) >= 11 is 0. The van der Waals surface area contributed by atoms with E-state index >= 15 is 0 Å². The lowest BCUT2D eigenvalue weighted by atomic mass is 10.1. The molecule has 0 aromatic heterocycles. The first-order chi connectivity index (χ1) is 16.7. The third kappa shape index (κ3) is 26.2. The second kappa shape index (κ2) is 28.9. The van der Waals surface area contributed by atoms with E-state index in [-0.39, 0.29) is 0 Å². The van der Waals surface area contributed by atoms with E-state index in [9.17, 15) is 0 Å². The first-order valence-corrected chi connectivity index (χ1v) is 15.2. The molecule has 0 aliphatic carbocycles. The molecule has 3 nitrogen and oxygen atoms in total. The zero-order chi connectivity index (χ0) is 25.0. The summed E-state index contributed by atoms with van der Waals surface area (Å²) in [7, 11) is 4.26. The fraction of sp³-hybridized carbons (Fsp3) is 0.935. The normalized spacial score (nSPS) is 12.9. The third-order valence-corrected chi connectivity index (χ3v) is 6.79. The summed E-state index contributed by atoms with van der Waals surface area (Å²) < 4.78 is 11.9. The highest BCUT2D eigenvalue weighted by molar-refractivity contribution is 4.81. The van der Waals surface area contributed by atoms with Gasteiger partial charge in [-0.25, -0.2) is 0 Å². The zero-order valence-corrected chi connectivity index (χ0v) is 24.0. The maximum atomic E-state index is 5.97. The molecule has 0 aromatic carbocycles. The van der Waals surface area contributed by atoms with Crippen molar-refractivity contribution < 1.29 is 9.47 Å². The van der Waals surface area contributed by atoms with E-state index in [1.54, 1.807) is 0 Å². The van der Waals surface area contributed by atoms with Gasteiger partial charge in [0.25, 0.3) is 0 Å². The molecule has 0 radical (unpaired) electrons. The summed E-state index contributed by atoms with van der Waals surface area (Å²) in [6, 6.07) is 0.370. The molecule has 1 unspecified atom stereocenters. The van der Waals surface area contributed by atoms with Gasteiger partial charge in [-0.2, -0.15) is 0 Å². The summed E-state index contributed by atoms with van der Waals surface area (Å²) in [5, 5.41) is 0. The Morgan fingerprint density at radius 3 is 1.24 bits per heavy atom. The highest BCUT2D eigenvalue weighted by atomic mass is 16.5. The van der Waals surface area contributed by atoms with Crippen LogP contribution >= 0.6 is 0 Å². The van der Waals surface area contributed by atoms with E-state index < -0.39 is 0 Å². The Balaban J connectivity index is 3.40. The Labute approximate surface area is 215 Å². The highest BCUT2D eigenvalue weighted by Gasteiger charge is 2.11. The second-order valence-corrected chi connectivity index (χ2v) is 10.5. The number of hydrogen-bond donors (Lipinski definition) is 0. The fourth-order valence-electron chi connectivity index (χ4n) is 4.22. The van der Waals surface area contributed by atoms with E-state index in [0.717, 1.165) is 26.4 Å². The average Bonchev–Trinajstić information content (AvgIpc) is 2.83. The van der Waals surface area contributed by atoms with Crippen LogP contribution in [0.2, 0.25) is 0 Å². The molecule has 0 aromatic rings. The van der Waals surface area contributed by atoms with Crippen LogP contribution in [0.4, 0.5) is 0 Å². The van der Waals surface area contributed by atoms with Crippen molar-refractivity contribution in [3.63, 3.8) is 0 Å². The monoisotopic (exact) mass is 481 g/mol. The largest absolute Gasteiger partial charge is 0.380 e. The molecule has 0 aliphatic rings. The van der Waals surface area contributed by atoms with Crippen molar-refractivity contribution in [3.8, 4) is 0 Å². The maximum Gasteiger partial charge on any atom is 0.0644 e. The smallest absolute Gasteiger partial charge is 0.0644 e. The zero-order valence-electron chi connectivity index (χ0n) is 24.0. The molecule has 3 heteroatoms. The van der Waals surface area contributed by atoms with E-state index in [4.69, 9.17) is 9.47 Å². The van der Waals surface area contributed by atoms with Gasteiger partial charge in [0.1, 0.15) is 0 Å². The second-order valence-electron chi connectivity index (χ2n) is 10.5. The summed E-state index contributed by atoms with van der Waals surface area (Å²) in [6.45, 7) is 7.91. The molecule has 0 aliphatic heterocycles. The molecule has 0 saturated heterocycles.